The van der Waals surface area contributed by atoms with Gasteiger partial charge in [0.15, 0.2) is 0 Å². The van der Waals surface area contributed by atoms with Crippen LogP contribution in [0.1, 0.15) is 0 Å². The number of phenolic OH excluding ortho intramolecular Hbond substituents is 1. The monoisotopic (exact) mass is 299 g/mol. The Balaban J connectivity index is 2.28. The first-order valence-corrected chi connectivity index (χ1v) is 6.37. The Morgan fingerprint density at radius 3 is 2.50 bits per heavy atom. The normalized spacial score (nSPS) is 10.7. The molecule has 3 rings (SSSR count). The van der Waals surface area contributed by atoms with Crippen LogP contribution in [0.3, 0.4) is 0 Å². The highest BCUT2D eigenvalue weighted by molar-refractivity contribution is 9.10. The minimum Gasteiger partial charge on any atom is -0.508 e. The molecule has 0 unspecified atom stereocenters. The lowest BCUT2D eigenvalue weighted by molar-refractivity contribution is 0.475. The average molecular weight is 300 g/mol. The number of rotatable bonds is 1. The van der Waals surface area contributed by atoms with E-state index in [1.54, 1.807) is 18.3 Å². The van der Waals surface area contributed by atoms with Gasteiger partial charge in [0.25, 0.3) is 0 Å². The second-order valence-electron chi connectivity index (χ2n) is 4.07. The first-order chi connectivity index (χ1) is 8.74. The zero-order valence-electron chi connectivity index (χ0n) is 9.47. The van der Waals surface area contributed by atoms with Crippen molar-refractivity contribution in [3.63, 3.8) is 0 Å². The van der Waals surface area contributed by atoms with Gasteiger partial charge in [0.2, 0.25) is 0 Å². The van der Waals surface area contributed by atoms with E-state index in [0.29, 0.717) is 0 Å². The maximum Gasteiger partial charge on any atom is 0.115 e. The van der Waals surface area contributed by atoms with Gasteiger partial charge in [-0.2, -0.15) is 0 Å². The van der Waals surface area contributed by atoms with Gasteiger partial charge < -0.3 is 5.11 Å². The van der Waals surface area contributed by atoms with Crippen molar-refractivity contribution < 1.29 is 5.11 Å². The summed E-state index contributed by atoms with van der Waals surface area (Å²) in [5, 5.41) is 10.4. The predicted molar refractivity (Wildman–Crippen MR) is 76.5 cm³/mol. The van der Waals surface area contributed by atoms with E-state index in [9.17, 15) is 5.11 Å². The molecule has 0 amide bonds. The molecule has 0 aliphatic heterocycles. The van der Waals surface area contributed by atoms with Crippen molar-refractivity contribution in [2.75, 3.05) is 0 Å². The number of fused-ring (bicyclic) bond motifs is 1. The van der Waals surface area contributed by atoms with E-state index in [1.165, 1.54) is 0 Å². The topological polar surface area (TPSA) is 33.1 Å². The Hall–Kier alpha value is -1.87. The Morgan fingerprint density at radius 1 is 0.944 bits per heavy atom. The fraction of sp³-hybridized carbons (Fsp3) is 0. The molecule has 2 nitrogen and oxygen atoms in total. The van der Waals surface area contributed by atoms with Crippen LogP contribution in [0.15, 0.2) is 59.2 Å². The van der Waals surface area contributed by atoms with Gasteiger partial charge in [0.1, 0.15) is 5.75 Å². The van der Waals surface area contributed by atoms with E-state index in [0.717, 1.165) is 26.5 Å². The Bertz CT molecular complexity index is 707. The van der Waals surface area contributed by atoms with Gasteiger partial charge >= 0.3 is 0 Å². The zero-order valence-corrected chi connectivity index (χ0v) is 11.1. The molecule has 0 saturated heterocycles. The molecule has 0 saturated carbocycles. The van der Waals surface area contributed by atoms with E-state index in [-0.39, 0.29) is 5.75 Å². The second-order valence-corrected chi connectivity index (χ2v) is 4.98. The van der Waals surface area contributed by atoms with Gasteiger partial charge in [-0.05, 0) is 47.5 Å². The van der Waals surface area contributed by atoms with Crippen LogP contribution < -0.4 is 0 Å². The van der Waals surface area contributed by atoms with E-state index in [1.807, 2.05) is 30.3 Å². The van der Waals surface area contributed by atoms with Crippen LogP contribution in [0.4, 0.5) is 0 Å². The molecule has 1 N–H and O–H groups in total. The van der Waals surface area contributed by atoms with Crippen LogP contribution in [0.5, 0.6) is 5.75 Å². The summed E-state index contributed by atoms with van der Waals surface area (Å²) in [6.45, 7) is 0. The van der Waals surface area contributed by atoms with Gasteiger partial charge in [-0.15, -0.1) is 0 Å². The van der Waals surface area contributed by atoms with E-state index >= 15 is 0 Å². The molecule has 0 aliphatic rings. The first-order valence-electron chi connectivity index (χ1n) is 5.58. The molecule has 1 heterocycles. The smallest absolute Gasteiger partial charge is 0.115 e. The summed E-state index contributed by atoms with van der Waals surface area (Å²) in [6.07, 6.45) is 1.80. The van der Waals surface area contributed by atoms with E-state index in [4.69, 9.17) is 0 Å². The SMILES string of the molecule is Oc1ccc(-c2ccnc3ccc(Br)cc23)cc1. The Kier molecular flexibility index (Phi) is 2.76. The summed E-state index contributed by atoms with van der Waals surface area (Å²) in [5.41, 5.74) is 3.14. The number of hydrogen-bond donors (Lipinski definition) is 1. The number of benzene rings is 2. The lowest BCUT2D eigenvalue weighted by atomic mass is 10.0. The maximum atomic E-state index is 9.34. The van der Waals surface area contributed by atoms with Crippen LogP contribution in [0, 0.1) is 0 Å². The summed E-state index contributed by atoms with van der Waals surface area (Å²) in [6, 6.07) is 15.2. The third kappa shape index (κ3) is 1.97. The number of nitrogens with zero attached hydrogens (tertiary/aromatic N) is 1. The highest BCUT2D eigenvalue weighted by Gasteiger charge is 2.05. The standard InChI is InChI=1S/C15H10BrNO/c16-11-3-6-15-14(9-11)13(7-8-17-15)10-1-4-12(18)5-2-10/h1-9,18H. The highest BCUT2D eigenvalue weighted by Crippen LogP contribution is 2.30. The minimum atomic E-state index is 0.276. The number of aromatic hydroxyl groups is 1. The van der Waals surface area contributed by atoms with Gasteiger partial charge in [0.05, 0.1) is 5.52 Å². The molecule has 3 heteroatoms. The molecular formula is C15H10BrNO. The summed E-state index contributed by atoms with van der Waals surface area (Å²) in [7, 11) is 0. The van der Waals surface area contributed by atoms with Crippen molar-refractivity contribution in [3.05, 3.63) is 59.2 Å². The number of pyridine rings is 1. The number of aromatic nitrogens is 1. The summed E-state index contributed by atoms with van der Waals surface area (Å²) in [4.78, 5) is 4.36. The zero-order chi connectivity index (χ0) is 12.5. The van der Waals surface area contributed by atoms with Crippen LogP contribution in [0.25, 0.3) is 22.0 Å². The molecule has 0 spiro atoms. The second kappa shape index (κ2) is 4.42. The molecule has 18 heavy (non-hydrogen) atoms. The van der Waals surface area contributed by atoms with Crippen LogP contribution in [0.2, 0.25) is 0 Å². The van der Waals surface area contributed by atoms with Crippen LogP contribution >= 0.6 is 15.9 Å². The van der Waals surface area contributed by atoms with Gasteiger partial charge in [-0.1, -0.05) is 28.1 Å². The van der Waals surface area contributed by atoms with Gasteiger partial charge in [-0.3, -0.25) is 4.98 Å². The summed E-state index contributed by atoms with van der Waals surface area (Å²) in [5.74, 6) is 0.276. The van der Waals surface area contributed by atoms with Crippen LogP contribution in [-0.4, -0.2) is 10.1 Å². The molecular weight excluding hydrogens is 290 g/mol. The number of phenols is 1. The predicted octanol–water partition coefficient (Wildman–Crippen LogP) is 4.37. The van der Waals surface area contributed by atoms with Crippen molar-refractivity contribution in [1.82, 2.24) is 4.98 Å². The molecule has 0 bridgehead atoms. The first kappa shape index (κ1) is 11.2. The van der Waals surface area contributed by atoms with Crippen LogP contribution in [-0.2, 0) is 0 Å². The van der Waals surface area contributed by atoms with Crippen molar-refractivity contribution >= 4 is 26.8 Å². The van der Waals surface area contributed by atoms with Crippen molar-refractivity contribution in [2.45, 2.75) is 0 Å². The van der Waals surface area contributed by atoms with Gasteiger partial charge in [0, 0.05) is 16.1 Å². The molecule has 3 aromatic rings. The molecule has 0 aliphatic carbocycles. The lowest BCUT2D eigenvalue weighted by Crippen LogP contribution is -1.84. The van der Waals surface area contributed by atoms with E-state index in [2.05, 4.69) is 27.0 Å². The fourth-order valence-electron chi connectivity index (χ4n) is 2.01. The maximum absolute atomic E-state index is 9.34. The molecule has 0 fully saturated rings. The molecule has 0 atom stereocenters. The average Bonchev–Trinajstić information content (AvgIpc) is 2.39. The van der Waals surface area contributed by atoms with Crippen molar-refractivity contribution in [1.29, 1.82) is 0 Å². The summed E-state index contributed by atoms with van der Waals surface area (Å²) < 4.78 is 1.03. The van der Waals surface area contributed by atoms with E-state index < -0.39 is 0 Å². The molecule has 2 aromatic carbocycles. The molecule has 88 valence electrons. The largest absolute Gasteiger partial charge is 0.508 e. The molecule has 0 radical (unpaired) electrons. The van der Waals surface area contributed by atoms with Crippen molar-refractivity contribution in [2.24, 2.45) is 0 Å². The lowest BCUT2D eigenvalue weighted by Gasteiger charge is -2.07. The number of halogens is 1. The summed E-state index contributed by atoms with van der Waals surface area (Å²) >= 11 is 3.48. The number of hydrogen-bond acceptors (Lipinski definition) is 2. The minimum absolute atomic E-state index is 0.276. The Morgan fingerprint density at radius 2 is 1.72 bits per heavy atom. The van der Waals surface area contributed by atoms with Crippen molar-refractivity contribution in [3.8, 4) is 16.9 Å². The molecule has 1 aromatic heterocycles. The highest BCUT2D eigenvalue weighted by atomic mass is 79.9. The van der Waals surface area contributed by atoms with Gasteiger partial charge in [-0.25, -0.2) is 0 Å². The quantitative estimate of drug-likeness (QED) is 0.724. The Labute approximate surface area is 113 Å². The fourth-order valence-corrected chi connectivity index (χ4v) is 2.37. The third-order valence-electron chi connectivity index (χ3n) is 2.88. The third-order valence-corrected chi connectivity index (χ3v) is 3.38.